The number of morpholine rings is 1. The molecule has 15 heteroatoms. The van der Waals surface area contributed by atoms with Crippen molar-refractivity contribution >= 4 is 55.7 Å². The summed E-state index contributed by atoms with van der Waals surface area (Å²) in [5, 5.41) is 13.5. The van der Waals surface area contributed by atoms with Gasteiger partial charge in [-0.3, -0.25) is 9.59 Å². The molecule has 3 aliphatic rings. The van der Waals surface area contributed by atoms with Gasteiger partial charge in [0.05, 0.1) is 36.4 Å². The lowest BCUT2D eigenvalue weighted by molar-refractivity contribution is -0.864. The summed E-state index contributed by atoms with van der Waals surface area (Å²) in [7, 11) is -3.95. The number of halogens is 1. The molecular weight excluding hydrogens is 580 g/mol. The van der Waals surface area contributed by atoms with Crippen molar-refractivity contribution in [2.75, 3.05) is 52.5 Å². The number of nitrogens with one attached hydrogen (secondary N) is 2. The maximum atomic E-state index is 13.7. The van der Waals surface area contributed by atoms with Gasteiger partial charge in [0.25, 0.3) is 15.9 Å². The number of nitrogens with zero attached hydrogens (tertiary/aromatic N) is 4. The summed E-state index contributed by atoms with van der Waals surface area (Å²) in [6.45, 7) is 2.60. The number of hydrogen-bond acceptors (Lipinski definition) is 8. The van der Waals surface area contributed by atoms with Crippen molar-refractivity contribution in [3.05, 3.63) is 50.1 Å². The average Bonchev–Trinajstić information content (AvgIpc) is 3.57. The molecule has 2 atom stereocenters. The molecule has 2 fully saturated rings. The minimum atomic E-state index is -3.95. The number of fused-ring (bicyclic) bond motifs is 2. The van der Waals surface area contributed by atoms with Crippen LogP contribution in [0.25, 0.3) is 10.9 Å². The smallest absolute Gasteiger partial charge is 0.283 e. The first-order valence-corrected chi connectivity index (χ1v) is 15.8. The van der Waals surface area contributed by atoms with Gasteiger partial charge in [-0.25, -0.2) is 13.4 Å². The number of thiazole rings is 1. The molecule has 2 unspecified atom stereocenters. The maximum absolute atomic E-state index is 13.7. The van der Waals surface area contributed by atoms with E-state index in [1.165, 1.54) is 15.6 Å². The van der Waals surface area contributed by atoms with Gasteiger partial charge in [0.1, 0.15) is 11.6 Å². The van der Waals surface area contributed by atoms with E-state index in [1.54, 1.807) is 34.1 Å². The number of ether oxygens (including phenoxy) is 1. The number of benzene rings is 1. The molecule has 0 saturated carbocycles. The number of sulfonamides is 1. The largest absolute Gasteiger partial charge is 0.634 e. The highest BCUT2D eigenvalue weighted by atomic mass is 35.5. The number of piperazine rings is 1. The van der Waals surface area contributed by atoms with Gasteiger partial charge in [-0.15, -0.1) is 11.3 Å². The number of aromatic amines is 1. The molecule has 6 rings (SSSR count). The number of carbonyl (C=O) groups excluding carboxylic acids is 2. The minimum absolute atomic E-state index is 0.0242. The van der Waals surface area contributed by atoms with Crippen molar-refractivity contribution in [2.45, 2.75) is 30.5 Å². The second-order valence-corrected chi connectivity index (χ2v) is 13.6. The second kappa shape index (κ2) is 11.0. The number of amides is 2. The van der Waals surface area contributed by atoms with Crippen LogP contribution < -0.4 is 5.06 Å². The molecule has 0 spiro atoms. The van der Waals surface area contributed by atoms with Crippen LogP contribution in [0, 0.1) is 5.21 Å². The third kappa shape index (κ3) is 5.36. The fraction of sp³-hybridized carbons (Fsp3) is 0.480. The van der Waals surface area contributed by atoms with Gasteiger partial charge >= 0.3 is 0 Å². The zero-order chi connectivity index (χ0) is 28.0. The van der Waals surface area contributed by atoms with Gasteiger partial charge in [-0.2, -0.15) is 4.31 Å². The topological polar surface area (TPSA) is 143 Å². The van der Waals surface area contributed by atoms with E-state index in [1.807, 2.05) is 0 Å². The van der Waals surface area contributed by atoms with Crippen LogP contribution in [0.4, 0.5) is 0 Å². The van der Waals surface area contributed by atoms with E-state index in [0.29, 0.717) is 55.2 Å². The fourth-order valence-electron chi connectivity index (χ4n) is 5.44. The van der Waals surface area contributed by atoms with E-state index in [-0.39, 0.29) is 59.5 Å². The van der Waals surface area contributed by atoms with Crippen molar-refractivity contribution in [1.82, 2.24) is 24.1 Å². The predicted molar refractivity (Wildman–Crippen MR) is 148 cm³/mol. The van der Waals surface area contributed by atoms with Gasteiger partial charge in [-0.1, -0.05) is 11.6 Å². The van der Waals surface area contributed by atoms with Crippen molar-refractivity contribution in [3.8, 4) is 0 Å². The normalized spacial score (nSPS) is 22.4. The van der Waals surface area contributed by atoms with Crippen LogP contribution in [0.2, 0.25) is 5.02 Å². The molecule has 2 saturated heterocycles. The van der Waals surface area contributed by atoms with E-state index < -0.39 is 16.1 Å². The summed E-state index contributed by atoms with van der Waals surface area (Å²) >= 11 is 7.30. The lowest BCUT2D eigenvalue weighted by atomic mass is 10.1. The van der Waals surface area contributed by atoms with Crippen LogP contribution in [0.5, 0.6) is 0 Å². The number of quaternary nitrogens is 1. The summed E-state index contributed by atoms with van der Waals surface area (Å²) < 4.78 is 34.1. The Hall–Kier alpha value is -2.59. The molecular formula is C25H29ClN6O6S2. The highest BCUT2D eigenvalue weighted by Crippen LogP contribution is 2.28. The molecule has 214 valence electrons. The Bertz CT molecular complexity index is 1550. The van der Waals surface area contributed by atoms with Crippen molar-refractivity contribution in [1.29, 1.82) is 0 Å². The fourth-order valence-corrected chi connectivity index (χ4v) is 8.20. The SMILES string of the molecule is O=C(CC1CN(S(=O)(=O)c2cc3cc(Cl)ccc3[nH]2)CCN1C(=O)c1nc2c(s1)C[NH+]([O-])CC2)N1CCOCC1. The average molecular weight is 609 g/mol. The number of hydrogen-bond donors (Lipinski definition) is 2. The third-order valence-corrected chi connectivity index (χ3v) is 10.7. The quantitative estimate of drug-likeness (QED) is 0.401. The lowest BCUT2D eigenvalue weighted by Gasteiger charge is -2.41. The highest BCUT2D eigenvalue weighted by molar-refractivity contribution is 7.89. The van der Waals surface area contributed by atoms with Gasteiger partial charge in [-0.05, 0) is 24.3 Å². The molecule has 2 amide bonds. The van der Waals surface area contributed by atoms with Crippen molar-refractivity contribution in [2.24, 2.45) is 0 Å². The molecule has 5 heterocycles. The van der Waals surface area contributed by atoms with E-state index in [4.69, 9.17) is 16.3 Å². The monoisotopic (exact) mass is 608 g/mol. The summed E-state index contributed by atoms with van der Waals surface area (Å²) in [6, 6.07) is 5.95. The van der Waals surface area contributed by atoms with Gasteiger partial charge in [0.15, 0.2) is 5.01 Å². The molecule has 40 heavy (non-hydrogen) atoms. The summed E-state index contributed by atoms with van der Waals surface area (Å²) in [5.41, 5.74) is 1.41. The van der Waals surface area contributed by atoms with Crippen LogP contribution in [-0.4, -0.2) is 103 Å². The molecule has 0 aliphatic carbocycles. The Labute approximate surface area is 240 Å². The van der Waals surface area contributed by atoms with Gasteiger partial charge < -0.3 is 29.8 Å². The van der Waals surface area contributed by atoms with Crippen LogP contribution in [0.3, 0.4) is 0 Å². The number of H-pyrrole nitrogens is 1. The van der Waals surface area contributed by atoms with Gasteiger partial charge in [0, 0.05) is 61.5 Å². The molecule has 3 aliphatic heterocycles. The first kappa shape index (κ1) is 27.6. The summed E-state index contributed by atoms with van der Waals surface area (Å²) in [6.07, 6.45) is 0.488. The highest BCUT2D eigenvalue weighted by Gasteiger charge is 2.40. The standard InChI is InChI=1S/C25H29ClN6O6S2/c26-17-1-2-19-16(11-17)12-22(27-19)40(36,37)31-5-6-32(18(14-31)13-23(33)29-7-9-38-10-8-29)25(34)24-28-20-3-4-30(35)15-21(20)39-24/h1-2,11-12,18,27,30H,3-10,13-15H2. The number of hydroxylamine groups is 2. The van der Waals surface area contributed by atoms with Crippen LogP contribution in [0.15, 0.2) is 29.3 Å². The Morgan fingerprint density at radius 1 is 1.20 bits per heavy atom. The minimum Gasteiger partial charge on any atom is -0.634 e. The molecule has 3 aromatic rings. The van der Waals surface area contributed by atoms with Crippen molar-refractivity contribution in [3.63, 3.8) is 0 Å². The van der Waals surface area contributed by atoms with Crippen molar-refractivity contribution < 1.29 is 27.8 Å². The van der Waals surface area contributed by atoms with Gasteiger partial charge in [0.2, 0.25) is 5.91 Å². The summed E-state index contributed by atoms with van der Waals surface area (Å²) in [5.74, 6) is -0.501. The molecule has 1 aromatic carbocycles. The Morgan fingerprint density at radius 3 is 2.80 bits per heavy atom. The van der Waals surface area contributed by atoms with E-state index in [2.05, 4.69) is 9.97 Å². The number of aromatic nitrogens is 2. The lowest BCUT2D eigenvalue weighted by Crippen LogP contribution is -3.06. The molecule has 0 radical (unpaired) electrons. The maximum Gasteiger partial charge on any atom is 0.283 e. The Kier molecular flexibility index (Phi) is 7.59. The van der Waals surface area contributed by atoms with E-state index in [9.17, 15) is 23.2 Å². The molecule has 2 N–H and O–H groups in total. The van der Waals surface area contributed by atoms with Crippen LogP contribution in [0.1, 0.15) is 26.8 Å². The summed E-state index contributed by atoms with van der Waals surface area (Å²) in [4.78, 5) is 38.5. The Balaban J connectivity index is 1.27. The van der Waals surface area contributed by atoms with Crippen LogP contribution >= 0.6 is 22.9 Å². The predicted octanol–water partition coefficient (Wildman–Crippen LogP) is 0.481. The first-order valence-electron chi connectivity index (χ1n) is 13.1. The van der Waals surface area contributed by atoms with Crippen LogP contribution in [-0.2, 0) is 32.5 Å². The zero-order valence-electron chi connectivity index (χ0n) is 21.6. The third-order valence-electron chi connectivity index (χ3n) is 7.62. The zero-order valence-corrected chi connectivity index (χ0v) is 24.0. The molecule has 12 nitrogen and oxygen atoms in total. The second-order valence-electron chi connectivity index (χ2n) is 10.2. The first-order chi connectivity index (χ1) is 19.2. The number of rotatable bonds is 5. The van der Waals surface area contributed by atoms with E-state index in [0.717, 1.165) is 10.6 Å². The Morgan fingerprint density at radius 2 is 2.00 bits per heavy atom. The number of carbonyl (C=O) groups is 2. The molecule has 2 aromatic heterocycles. The van der Waals surface area contributed by atoms with E-state index >= 15 is 0 Å². The molecule has 0 bridgehead atoms.